The lowest BCUT2D eigenvalue weighted by Crippen LogP contribution is -2.53. The van der Waals surface area contributed by atoms with Crippen LogP contribution < -0.4 is 10.2 Å². The van der Waals surface area contributed by atoms with Crippen molar-refractivity contribution < 1.29 is 9.59 Å². The van der Waals surface area contributed by atoms with Crippen LogP contribution in [0.2, 0.25) is 0 Å². The second kappa shape index (κ2) is 5.34. The second-order valence-corrected chi connectivity index (χ2v) is 7.16. The van der Waals surface area contributed by atoms with Crippen molar-refractivity contribution in [2.75, 3.05) is 31.6 Å². The van der Waals surface area contributed by atoms with E-state index in [1.165, 1.54) is 18.5 Å². The average molecular weight is 313 g/mol. The van der Waals surface area contributed by atoms with Crippen molar-refractivity contribution in [2.24, 2.45) is 0 Å². The molecule has 4 rings (SSSR count). The highest BCUT2D eigenvalue weighted by Crippen LogP contribution is 2.44. The lowest BCUT2D eigenvalue weighted by atomic mass is 9.90. The number of piperazine rings is 1. The maximum Gasteiger partial charge on any atom is 0.234 e. The molecule has 0 bridgehead atoms. The summed E-state index contributed by atoms with van der Waals surface area (Å²) in [6.45, 7) is 3.26. The number of hydrogen-bond donors (Lipinski definition) is 1. The zero-order valence-corrected chi connectivity index (χ0v) is 13.5. The van der Waals surface area contributed by atoms with Crippen LogP contribution in [-0.4, -0.2) is 48.9 Å². The highest BCUT2D eigenvalue weighted by Gasteiger charge is 2.49. The molecule has 2 heterocycles. The van der Waals surface area contributed by atoms with Gasteiger partial charge >= 0.3 is 0 Å². The van der Waals surface area contributed by atoms with Crippen LogP contribution in [0.5, 0.6) is 0 Å². The summed E-state index contributed by atoms with van der Waals surface area (Å²) in [6.07, 6.45) is 3.64. The van der Waals surface area contributed by atoms with E-state index in [4.69, 9.17) is 0 Å². The Bertz CT molecular complexity index is 636. The average Bonchev–Trinajstić information content (AvgIpc) is 3.31. The molecule has 5 nitrogen and oxygen atoms in total. The van der Waals surface area contributed by atoms with Gasteiger partial charge in [0.1, 0.15) is 0 Å². The third-order valence-electron chi connectivity index (χ3n) is 5.73. The van der Waals surface area contributed by atoms with Crippen LogP contribution in [0.3, 0.4) is 0 Å². The fourth-order valence-electron chi connectivity index (χ4n) is 3.90. The van der Waals surface area contributed by atoms with Crippen LogP contribution in [0.1, 0.15) is 37.2 Å². The Morgan fingerprint density at radius 2 is 1.87 bits per heavy atom. The Morgan fingerprint density at radius 1 is 1.13 bits per heavy atom. The molecular weight excluding hydrogens is 290 g/mol. The summed E-state index contributed by atoms with van der Waals surface area (Å²) in [5, 5.41) is 2.44. The number of nitrogens with zero attached hydrogens (tertiary/aromatic N) is 2. The number of imide groups is 1. The Hall–Kier alpha value is -1.88. The molecule has 2 aliphatic heterocycles. The molecule has 1 aliphatic carbocycles. The molecule has 0 aromatic heterocycles. The number of nitrogens with one attached hydrogen (secondary N) is 1. The van der Waals surface area contributed by atoms with Gasteiger partial charge in [-0.15, -0.1) is 0 Å². The monoisotopic (exact) mass is 313 g/mol. The van der Waals surface area contributed by atoms with Crippen molar-refractivity contribution in [3.63, 3.8) is 0 Å². The van der Waals surface area contributed by atoms with Crippen molar-refractivity contribution in [3.05, 3.63) is 29.8 Å². The Morgan fingerprint density at radius 3 is 2.52 bits per heavy atom. The molecule has 23 heavy (non-hydrogen) atoms. The van der Waals surface area contributed by atoms with E-state index in [0.29, 0.717) is 18.4 Å². The van der Waals surface area contributed by atoms with E-state index in [1.54, 1.807) is 0 Å². The van der Waals surface area contributed by atoms with Crippen molar-refractivity contribution in [1.82, 2.24) is 10.2 Å². The zero-order valence-electron chi connectivity index (χ0n) is 13.5. The first-order valence-corrected chi connectivity index (χ1v) is 8.47. The molecule has 1 aromatic rings. The molecule has 1 spiro atoms. The number of likely N-dealkylation sites (N-methyl/N-ethyl adjacent to an activating group) is 1. The predicted octanol–water partition coefficient (Wildman–Crippen LogP) is 1.49. The van der Waals surface area contributed by atoms with Gasteiger partial charge in [0.05, 0.1) is 5.92 Å². The van der Waals surface area contributed by atoms with Gasteiger partial charge in [-0.2, -0.15) is 0 Å². The van der Waals surface area contributed by atoms with E-state index in [-0.39, 0.29) is 17.7 Å². The molecule has 3 aliphatic rings. The Labute approximate surface area is 136 Å². The third-order valence-corrected chi connectivity index (χ3v) is 5.73. The van der Waals surface area contributed by atoms with Crippen molar-refractivity contribution in [2.45, 2.75) is 37.1 Å². The molecule has 122 valence electrons. The summed E-state index contributed by atoms with van der Waals surface area (Å²) >= 11 is 0. The number of amides is 2. The van der Waals surface area contributed by atoms with Crippen molar-refractivity contribution in [3.8, 4) is 0 Å². The van der Waals surface area contributed by atoms with Gasteiger partial charge < -0.3 is 4.90 Å². The molecule has 1 unspecified atom stereocenters. The second-order valence-electron chi connectivity index (χ2n) is 7.16. The smallest absolute Gasteiger partial charge is 0.234 e. The molecule has 2 amide bonds. The Kier molecular flexibility index (Phi) is 3.41. The highest BCUT2D eigenvalue weighted by molar-refractivity contribution is 6.00. The number of piperidine rings is 1. The van der Waals surface area contributed by atoms with Gasteiger partial charge in [0, 0.05) is 37.3 Å². The number of carbonyl (C=O) groups excluding carboxylic acids is 2. The van der Waals surface area contributed by atoms with Crippen LogP contribution in [0.25, 0.3) is 0 Å². The van der Waals surface area contributed by atoms with Gasteiger partial charge in [0.15, 0.2) is 0 Å². The SMILES string of the molecule is CN1CCN(c2ccc(C3CCC(=O)NC3=O)cc2)CC12CC2. The van der Waals surface area contributed by atoms with Crippen LogP contribution in [0, 0.1) is 0 Å². The van der Waals surface area contributed by atoms with Gasteiger partial charge in [-0.3, -0.25) is 19.8 Å². The molecule has 3 fully saturated rings. The first-order valence-electron chi connectivity index (χ1n) is 8.47. The highest BCUT2D eigenvalue weighted by atomic mass is 16.2. The summed E-state index contributed by atoms with van der Waals surface area (Å²) in [5.74, 6) is -0.510. The number of carbonyl (C=O) groups is 2. The van der Waals surface area contributed by atoms with E-state index in [1.807, 2.05) is 12.1 Å². The van der Waals surface area contributed by atoms with Crippen LogP contribution >= 0.6 is 0 Å². The van der Waals surface area contributed by atoms with E-state index in [9.17, 15) is 9.59 Å². The fourth-order valence-corrected chi connectivity index (χ4v) is 3.90. The Balaban J connectivity index is 1.48. The molecule has 1 aromatic carbocycles. The third kappa shape index (κ3) is 2.63. The van der Waals surface area contributed by atoms with Gasteiger partial charge in [-0.25, -0.2) is 0 Å². The van der Waals surface area contributed by atoms with Crippen LogP contribution in [0.4, 0.5) is 5.69 Å². The van der Waals surface area contributed by atoms with E-state index in [2.05, 4.69) is 34.3 Å². The lowest BCUT2D eigenvalue weighted by Gasteiger charge is -2.41. The standard InChI is InChI=1S/C18H23N3O2/c1-20-10-11-21(12-18(20)8-9-18)14-4-2-13(3-5-14)15-6-7-16(22)19-17(15)23/h2-5,15H,6-12H2,1H3,(H,19,22,23). The van der Waals surface area contributed by atoms with E-state index >= 15 is 0 Å². The topological polar surface area (TPSA) is 52.6 Å². The zero-order chi connectivity index (χ0) is 16.0. The molecular formula is C18H23N3O2. The summed E-state index contributed by atoms with van der Waals surface area (Å²) in [5.41, 5.74) is 2.65. The molecule has 1 atom stereocenters. The van der Waals surface area contributed by atoms with Crippen LogP contribution in [0.15, 0.2) is 24.3 Å². The number of benzene rings is 1. The minimum atomic E-state index is -0.191. The summed E-state index contributed by atoms with van der Waals surface area (Å²) < 4.78 is 0. The maximum atomic E-state index is 12.0. The van der Waals surface area contributed by atoms with Crippen LogP contribution in [-0.2, 0) is 9.59 Å². The lowest BCUT2D eigenvalue weighted by molar-refractivity contribution is -0.134. The number of anilines is 1. The molecule has 2 saturated heterocycles. The quantitative estimate of drug-likeness (QED) is 0.841. The van der Waals surface area contributed by atoms with Crippen molar-refractivity contribution in [1.29, 1.82) is 0 Å². The fraction of sp³-hybridized carbons (Fsp3) is 0.556. The summed E-state index contributed by atoms with van der Waals surface area (Å²) in [7, 11) is 2.23. The maximum absolute atomic E-state index is 12.0. The van der Waals surface area contributed by atoms with Gasteiger partial charge in [0.25, 0.3) is 0 Å². The largest absolute Gasteiger partial charge is 0.368 e. The van der Waals surface area contributed by atoms with E-state index in [0.717, 1.165) is 25.2 Å². The first-order chi connectivity index (χ1) is 11.1. The minimum Gasteiger partial charge on any atom is -0.368 e. The predicted molar refractivity (Wildman–Crippen MR) is 88.4 cm³/mol. The number of hydrogen-bond acceptors (Lipinski definition) is 4. The summed E-state index contributed by atoms with van der Waals surface area (Å²) in [6, 6.07) is 8.35. The first kappa shape index (κ1) is 14.7. The summed E-state index contributed by atoms with van der Waals surface area (Å²) in [4.78, 5) is 28.2. The van der Waals surface area contributed by atoms with E-state index < -0.39 is 0 Å². The van der Waals surface area contributed by atoms with Gasteiger partial charge in [0.2, 0.25) is 11.8 Å². The van der Waals surface area contributed by atoms with Gasteiger partial charge in [-0.05, 0) is 44.0 Å². The molecule has 5 heteroatoms. The molecule has 0 radical (unpaired) electrons. The normalized spacial score (nSPS) is 27.2. The van der Waals surface area contributed by atoms with Crippen molar-refractivity contribution >= 4 is 17.5 Å². The number of rotatable bonds is 2. The minimum absolute atomic E-state index is 0.157. The van der Waals surface area contributed by atoms with Gasteiger partial charge in [-0.1, -0.05) is 12.1 Å². The molecule has 1 saturated carbocycles. The molecule has 1 N–H and O–H groups in total.